The Kier molecular flexibility index (Phi) is 4.12. The number of ether oxygens (including phenoxy) is 1. The van der Waals surface area contributed by atoms with E-state index in [4.69, 9.17) is 4.74 Å². The van der Waals surface area contributed by atoms with Gasteiger partial charge in [0.25, 0.3) is 0 Å². The van der Waals surface area contributed by atoms with Crippen LogP contribution in [0.3, 0.4) is 0 Å². The third kappa shape index (κ3) is 3.55. The largest absolute Gasteiger partial charge is 0.375 e. The first-order valence-corrected chi connectivity index (χ1v) is 7.32. The molecule has 1 atom stereocenters. The van der Waals surface area contributed by atoms with Crippen molar-refractivity contribution in [1.29, 1.82) is 0 Å². The fourth-order valence-electron chi connectivity index (χ4n) is 2.99. The van der Waals surface area contributed by atoms with E-state index < -0.39 is 0 Å². The van der Waals surface area contributed by atoms with E-state index in [1.165, 1.54) is 6.42 Å². The van der Waals surface area contributed by atoms with Crippen molar-refractivity contribution in [2.24, 2.45) is 5.92 Å². The van der Waals surface area contributed by atoms with Crippen molar-refractivity contribution in [3.63, 3.8) is 0 Å². The fourth-order valence-corrected chi connectivity index (χ4v) is 2.99. The Morgan fingerprint density at radius 1 is 1.39 bits per heavy atom. The van der Waals surface area contributed by atoms with Gasteiger partial charge in [-0.2, -0.15) is 0 Å². The van der Waals surface area contributed by atoms with Crippen molar-refractivity contribution < 1.29 is 9.53 Å². The zero-order valence-electron chi connectivity index (χ0n) is 12.1. The summed E-state index contributed by atoms with van der Waals surface area (Å²) in [5.74, 6) is 0.683. The van der Waals surface area contributed by atoms with Crippen molar-refractivity contribution in [2.75, 3.05) is 13.2 Å². The highest BCUT2D eigenvalue weighted by Gasteiger charge is 2.43. The molecule has 1 saturated carbocycles. The first kappa shape index (κ1) is 14.0. The lowest BCUT2D eigenvalue weighted by Gasteiger charge is -2.46. The van der Waals surface area contributed by atoms with Gasteiger partial charge < -0.3 is 10.1 Å². The third-order valence-corrected chi connectivity index (χ3v) is 4.24. The second-order valence-electron chi connectivity index (χ2n) is 6.97. The number of hydrogen-bond acceptors (Lipinski definition) is 3. The van der Waals surface area contributed by atoms with Gasteiger partial charge in [0.2, 0.25) is 0 Å². The summed E-state index contributed by atoms with van der Waals surface area (Å²) in [6.45, 7) is 7.98. The molecule has 3 heteroatoms. The van der Waals surface area contributed by atoms with Gasteiger partial charge in [0.1, 0.15) is 5.78 Å². The van der Waals surface area contributed by atoms with Crippen molar-refractivity contribution in [1.82, 2.24) is 5.32 Å². The molecule has 1 spiro atoms. The molecule has 1 heterocycles. The van der Waals surface area contributed by atoms with E-state index in [0.29, 0.717) is 12.2 Å². The van der Waals surface area contributed by atoms with Crippen molar-refractivity contribution in [2.45, 2.75) is 70.4 Å². The Hall–Kier alpha value is -0.410. The number of carbonyl (C=O) groups excluding carboxylic acids is 1. The van der Waals surface area contributed by atoms with E-state index in [0.717, 1.165) is 38.8 Å². The quantitative estimate of drug-likeness (QED) is 0.837. The molecule has 2 fully saturated rings. The average molecular weight is 253 g/mol. The van der Waals surface area contributed by atoms with Crippen LogP contribution in [0.4, 0.5) is 0 Å². The minimum absolute atomic E-state index is 0.0933. The van der Waals surface area contributed by atoms with Gasteiger partial charge in [-0.1, -0.05) is 0 Å². The SMILES string of the molecule is CC(C)(C)NCCC(=O)C1CCOC2(CCC2)C1. The Labute approximate surface area is 111 Å². The molecular weight excluding hydrogens is 226 g/mol. The van der Waals surface area contributed by atoms with Crippen LogP contribution in [0.15, 0.2) is 0 Å². The summed E-state index contributed by atoms with van der Waals surface area (Å²) in [6.07, 6.45) is 6.16. The molecule has 1 aliphatic heterocycles. The van der Waals surface area contributed by atoms with E-state index >= 15 is 0 Å². The highest BCUT2D eigenvalue weighted by Crippen LogP contribution is 2.44. The normalized spacial score (nSPS) is 26.9. The van der Waals surface area contributed by atoms with Gasteiger partial charge in [-0.15, -0.1) is 0 Å². The van der Waals surface area contributed by atoms with Gasteiger partial charge in [0.15, 0.2) is 0 Å². The zero-order valence-corrected chi connectivity index (χ0v) is 12.1. The monoisotopic (exact) mass is 253 g/mol. The van der Waals surface area contributed by atoms with Crippen LogP contribution in [-0.2, 0) is 9.53 Å². The second kappa shape index (κ2) is 5.30. The maximum atomic E-state index is 12.2. The Morgan fingerprint density at radius 2 is 2.11 bits per heavy atom. The van der Waals surface area contributed by atoms with E-state index in [-0.39, 0.29) is 17.1 Å². The fraction of sp³-hybridized carbons (Fsp3) is 0.933. The second-order valence-corrected chi connectivity index (χ2v) is 6.97. The lowest BCUT2D eigenvalue weighted by Crippen LogP contribution is -2.47. The van der Waals surface area contributed by atoms with E-state index in [1.807, 2.05) is 0 Å². The molecule has 0 amide bonds. The van der Waals surface area contributed by atoms with Crippen LogP contribution in [0, 0.1) is 5.92 Å². The van der Waals surface area contributed by atoms with Crippen molar-refractivity contribution >= 4 is 5.78 Å². The molecular formula is C15H27NO2. The van der Waals surface area contributed by atoms with Gasteiger partial charge in [-0.3, -0.25) is 4.79 Å². The Morgan fingerprint density at radius 3 is 2.67 bits per heavy atom. The summed E-state index contributed by atoms with van der Waals surface area (Å²) < 4.78 is 5.87. The predicted molar refractivity (Wildman–Crippen MR) is 72.6 cm³/mol. The van der Waals surface area contributed by atoms with Gasteiger partial charge in [0.05, 0.1) is 5.60 Å². The number of Topliss-reactive ketones (excluding diaryl/α,β-unsaturated/α-hetero) is 1. The maximum Gasteiger partial charge on any atom is 0.137 e. The third-order valence-electron chi connectivity index (χ3n) is 4.24. The maximum absolute atomic E-state index is 12.2. The summed E-state index contributed by atoms with van der Waals surface area (Å²) in [5.41, 5.74) is 0.196. The minimum atomic E-state index is 0.0933. The molecule has 18 heavy (non-hydrogen) atoms. The average Bonchev–Trinajstić information content (AvgIpc) is 2.25. The molecule has 3 nitrogen and oxygen atoms in total. The first-order chi connectivity index (χ1) is 8.40. The lowest BCUT2D eigenvalue weighted by molar-refractivity contribution is -0.155. The van der Waals surface area contributed by atoms with Crippen molar-refractivity contribution in [3.8, 4) is 0 Å². The van der Waals surface area contributed by atoms with Crippen LogP contribution >= 0.6 is 0 Å². The number of rotatable bonds is 4. The lowest BCUT2D eigenvalue weighted by atomic mass is 9.71. The molecule has 0 aromatic rings. The van der Waals surface area contributed by atoms with Crippen LogP contribution in [0.5, 0.6) is 0 Å². The Balaban J connectivity index is 1.75. The number of hydrogen-bond donors (Lipinski definition) is 1. The zero-order chi connectivity index (χ0) is 13.2. The Bertz CT molecular complexity index is 302. The molecule has 0 radical (unpaired) electrons. The first-order valence-electron chi connectivity index (χ1n) is 7.32. The van der Waals surface area contributed by atoms with E-state index in [1.54, 1.807) is 0 Å². The summed E-state index contributed by atoms with van der Waals surface area (Å²) in [6, 6.07) is 0. The van der Waals surface area contributed by atoms with Gasteiger partial charge in [0, 0.05) is 31.0 Å². The molecule has 1 saturated heterocycles. The summed E-state index contributed by atoms with van der Waals surface area (Å²) in [7, 11) is 0. The molecule has 2 rings (SSSR count). The predicted octanol–water partition coefficient (Wildman–Crippen LogP) is 2.68. The molecule has 0 aromatic heterocycles. The van der Waals surface area contributed by atoms with Crippen LogP contribution in [0.2, 0.25) is 0 Å². The van der Waals surface area contributed by atoms with E-state index in [9.17, 15) is 4.79 Å². The highest BCUT2D eigenvalue weighted by molar-refractivity contribution is 5.81. The minimum Gasteiger partial charge on any atom is -0.375 e. The van der Waals surface area contributed by atoms with Gasteiger partial charge in [-0.05, 0) is 52.9 Å². The number of ketones is 1. The number of carbonyl (C=O) groups is 1. The molecule has 2 aliphatic rings. The molecule has 1 N–H and O–H groups in total. The summed E-state index contributed by atoms with van der Waals surface area (Å²) >= 11 is 0. The van der Waals surface area contributed by atoms with E-state index in [2.05, 4.69) is 26.1 Å². The highest BCUT2D eigenvalue weighted by atomic mass is 16.5. The topological polar surface area (TPSA) is 38.3 Å². The summed E-state index contributed by atoms with van der Waals surface area (Å²) in [5, 5.41) is 3.39. The molecule has 0 aromatic carbocycles. The smallest absolute Gasteiger partial charge is 0.137 e. The van der Waals surface area contributed by atoms with Crippen molar-refractivity contribution in [3.05, 3.63) is 0 Å². The van der Waals surface area contributed by atoms with Crippen LogP contribution < -0.4 is 5.32 Å². The van der Waals surface area contributed by atoms with Crippen LogP contribution in [0.1, 0.15) is 59.3 Å². The van der Waals surface area contributed by atoms with Crippen LogP contribution in [0.25, 0.3) is 0 Å². The summed E-state index contributed by atoms with van der Waals surface area (Å²) in [4.78, 5) is 12.2. The van der Waals surface area contributed by atoms with Gasteiger partial charge >= 0.3 is 0 Å². The molecule has 104 valence electrons. The molecule has 1 aliphatic carbocycles. The molecule has 0 bridgehead atoms. The van der Waals surface area contributed by atoms with Crippen LogP contribution in [-0.4, -0.2) is 30.1 Å². The molecule has 1 unspecified atom stereocenters. The number of nitrogens with one attached hydrogen (secondary N) is 1. The van der Waals surface area contributed by atoms with Gasteiger partial charge in [-0.25, -0.2) is 0 Å². The standard InChI is InChI=1S/C15H27NO2/c1-14(2,3)16-9-5-13(17)12-6-10-18-15(11-12)7-4-8-15/h12,16H,4-11H2,1-3H3.